The molecule has 1 nitrogen and oxygen atoms in total. The Labute approximate surface area is 95.8 Å². The fourth-order valence-corrected chi connectivity index (χ4v) is 1.82. The molecule has 1 aromatic rings. The SMILES string of the molecule is Cc1cnc(I)c(C(F)F)c1C(F)(F)F. The predicted octanol–water partition coefficient (Wildman–Crippen LogP) is 3.95. The van der Waals surface area contributed by atoms with Crippen LogP contribution in [0.2, 0.25) is 0 Å². The third-order valence-corrected chi connectivity index (χ3v) is 2.62. The van der Waals surface area contributed by atoms with Crippen molar-refractivity contribution < 1.29 is 22.0 Å². The molecule has 1 rings (SSSR count). The Kier molecular flexibility index (Phi) is 3.51. The lowest BCUT2D eigenvalue weighted by atomic mass is 10.1. The van der Waals surface area contributed by atoms with Crippen molar-refractivity contribution in [2.75, 3.05) is 0 Å². The van der Waals surface area contributed by atoms with E-state index in [-0.39, 0.29) is 9.26 Å². The second-order valence-electron chi connectivity index (χ2n) is 2.82. The summed E-state index contributed by atoms with van der Waals surface area (Å²) in [4.78, 5) is 3.48. The molecular weight excluding hydrogens is 332 g/mol. The molecule has 0 saturated heterocycles. The first-order chi connectivity index (χ1) is 6.75. The molecule has 0 amide bonds. The van der Waals surface area contributed by atoms with E-state index in [2.05, 4.69) is 4.98 Å². The predicted molar refractivity (Wildman–Crippen MR) is 51.6 cm³/mol. The van der Waals surface area contributed by atoms with E-state index in [0.717, 1.165) is 13.1 Å². The summed E-state index contributed by atoms with van der Waals surface area (Å²) in [5.74, 6) is 0. The van der Waals surface area contributed by atoms with Gasteiger partial charge in [0.15, 0.2) is 0 Å². The van der Waals surface area contributed by atoms with Crippen molar-refractivity contribution in [3.05, 3.63) is 26.6 Å². The van der Waals surface area contributed by atoms with E-state index in [1.54, 1.807) is 0 Å². The van der Waals surface area contributed by atoms with Gasteiger partial charge in [0.05, 0.1) is 11.1 Å². The number of hydrogen-bond acceptors (Lipinski definition) is 1. The van der Waals surface area contributed by atoms with E-state index in [9.17, 15) is 22.0 Å². The summed E-state index contributed by atoms with van der Waals surface area (Å²) >= 11 is 1.37. The van der Waals surface area contributed by atoms with E-state index >= 15 is 0 Å². The highest BCUT2D eigenvalue weighted by atomic mass is 127. The smallest absolute Gasteiger partial charge is 0.250 e. The number of aromatic nitrogens is 1. The summed E-state index contributed by atoms with van der Waals surface area (Å²) in [5, 5.41) is 0. The number of pyridine rings is 1. The van der Waals surface area contributed by atoms with Crippen LogP contribution in [0.4, 0.5) is 22.0 Å². The van der Waals surface area contributed by atoms with E-state index in [0.29, 0.717) is 0 Å². The van der Waals surface area contributed by atoms with Crippen molar-refractivity contribution in [1.82, 2.24) is 4.98 Å². The molecule has 0 radical (unpaired) electrons. The van der Waals surface area contributed by atoms with Gasteiger partial charge in [-0.15, -0.1) is 0 Å². The van der Waals surface area contributed by atoms with Crippen LogP contribution >= 0.6 is 22.6 Å². The van der Waals surface area contributed by atoms with Crippen LogP contribution in [0, 0.1) is 10.6 Å². The molecule has 15 heavy (non-hydrogen) atoms. The molecule has 1 aromatic heterocycles. The normalized spacial score (nSPS) is 12.3. The van der Waals surface area contributed by atoms with E-state index in [1.165, 1.54) is 22.6 Å². The quantitative estimate of drug-likeness (QED) is 0.430. The van der Waals surface area contributed by atoms with Crippen LogP contribution < -0.4 is 0 Å². The number of hydrogen-bond donors (Lipinski definition) is 0. The maximum Gasteiger partial charge on any atom is 0.417 e. The van der Waals surface area contributed by atoms with Gasteiger partial charge in [-0.05, 0) is 35.1 Å². The van der Waals surface area contributed by atoms with Crippen LogP contribution in [-0.2, 0) is 6.18 Å². The van der Waals surface area contributed by atoms with Crippen molar-refractivity contribution in [2.24, 2.45) is 0 Å². The fourth-order valence-electron chi connectivity index (χ4n) is 1.18. The largest absolute Gasteiger partial charge is 0.417 e. The third kappa shape index (κ3) is 2.56. The molecule has 0 atom stereocenters. The van der Waals surface area contributed by atoms with Gasteiger partial charge in [-0.3, -0.25) is 0 Å². The molecule has 0 fully saturated rings. The van der Waals surface area contributed by atoms with Gasteiger partial charge in [-0.1, -0.05) is 0 Å². The average molecular weight is 337 g/mol. The third-order valence-electron chi connectivity index (χ3n) is 1.76. The number of nitrogens with zero attached hydrogens (tertiary/aromatic N) is 1. The van der Waals surface area contributed by atoms with Crippen LogP contribution in [-0.4, -0.2) is 4.98 Å². The van der Waals surface area contributed by atoms with E-state index in [4.69, 9.17) is 0 Å². The Morgan fingerprint density at radius 2 is 1.87 bits per heavy atom. The van der Waals surface area contributed by atoms with Gasteiger partial charge in [-0.2, -0.15) is 13.2 Å². The Hall–Kier alpha value is -0.470. The van der Waals surface area contributed by atoms with Crippen molar-refractivity contribution in [2.45, 2.75) is 19.5 Å². The van der Waals surface area contributed by atoms with Gasteiger partial charge < -0.3 is 0 Å². The standard InChI is InChI=1S/C8H5F5IN/c1-3-2-15-7(14)4(6(9)10)5(3)8(11,12)13/h2,6H,1H3. The number of rotatable bonds is 1. The van der Waals surface area contributed by atoms with Crippen molar-refractivity contribution in [3.63, 3.8) is 0 Å². The monoisotopic (exact) mass is 337 g/mol. The summed E-state index contributed by atoms with van der Waals surface area (Å²) in [6.45, 7) is 1.11. The van der Waals surface area contributed by atoms with Gasteiger partial charge >= 0.3 is 6.18 Å². The zero-order valence-electron chi connectivity index (χ0n) is 7.37. The lowest BCUT2D eigenvalue weighted by Crippen LogP contribution is -2.14. The number of halogens is 6. The highest BCUT2D eigenvalue weighted by molar-refractivity contribution is 14.1. The van der Waals surface area contributed by atoms with Crippen LogP contribution in [0.5, 0.6) is 0 Å². The summed E-state index contributed by atoms with van der Waals surface area (Å²) < 4.78 is 62.0. The molecule has 0 aliphatic heterocycles. The molecule has 0 unspecified atom stereocenters. The molecule has 0 N–H and O–H groups in total. The molecule has 7 heteroatoms. The first-order valence-corrected chi connectivity index (χ1v) is 4.83. The van der Waals surface area contributed by atoms with Crippen molar-refractivity contribution in [3.8, 4) is 0 Å². The molecule has 0 spiro atoms. The number of alkyl halides is 5. The molecule has 0 aromatic carbocycles. The summed E-state index contributed by atoms with van der Waals surface area (Å²) in [6, 6.07) is 0. The topological polar surface area (TPSA) is 12.9 Å². The van der Waals surface area contributed by atoms with Crippen molar-refractivity contribution >= 4 is 22.6 Å². The highest BCUT2D eigenvalue weighted by Gasteiger charge is 2.38. The average Bonchev–Trinajstić information content (AvgIpc) is 2.05. The molecule has 0 bridgehead atoms. The highest BCUT2D eigenvalue weighted by Crippen LogP contribution is 2.39. The van der Waals surface area contributed by atoms with Gasteiger partial charge in [0.1, 0.15) is 3.70 Å². The summed E-state index contributed by atoms with van der Waals surface area (Å²) in [7, 11) is 0. The number of aryl methyl sites for hydroxylation is 1. The lowest BCUT2D eigenvalue weighted by molar-refractivity contribution is -0.140. The minimum atomic E-state index is -4.78. The maximum absolute atomic E-state index is 12.5. The van der Waals surface area contributed by atoms with Crippen LogP contribution in [0.25, 0.3) is 0 Å². The van der Waals surface area contributed by atoms with E-state index in [1.807, 2.05) is 0 Å². The van der Waals surface area contributed by atoms with Gasteiger partial charge in [0, 0.05) is 6.20 Å². The van der Waals surface area contributed by atoms with Gasteiger partial charge in [0.2, 0.25) is 0 Å². The van der Waals surface area contributed by atoms with Gasteiger partial charge in [-0.25, -0.2) is 13.8 Å². The van der Waals surface area contributed by atoms with E-state index < -0.39 is 23.7 Å². The summed E-state index contributed by atoms with van der Waals surface area (Å²) in [5.41, 5.74) is -2.61. The first-order valence-electron chi connectivity index (χ1n) is 3.75. The Bertz CT molecular complexity index is 374. The molecule has 0 saturated carbocycles. The lowest BCUT2D eigenvalue weighted by Gasteiger charge is -2.15. The van der Waals surface area contributed by atoms with Crippen LogP contribution in [0.15, 0.2) is 6.20 Å². The maximum atomic E-state index is 12.5. The minimum Gasteiger partial charge on any atom is -0.250 e. The van der Waals surface area contributed by atoms with Crippen LogP contribution in [0.1, 0.15) is 23.1 Å². The summed E-state index contributed by atoms with van der Waals surface area (Å²) in [6.07, 6.45) is -7.02. The fraction of sp³-hybridized carbons (Fsp3) is 0.375. The van der Waals surface area contributed by atoms with Gasteiger partial charge in [0.25, 0.3) is 6.43 Å². The molecule has 0 aliphatic carbocycles. The zero-order chi connectivity index (χ0) is 11.8. The Balaban J connectivity index is 3.53. The molecule has 1 heterocycles. The second kappa shape index (κ2) is 4.18. The molecular formula is C8H5F5IN. The molecule has 0 aliphatic rings. The zero-order valence-corrected chi connectivity index (χ0v) is 9.53. The second-order valence-corrected chi connectivity index (χ2v) is 3.84. The first kappa shape index (κ1) is 12.6. The van der Waals surface area contributed by atoms with Crippen molar-refractivity contribution in [1.29, 1.82) is 0 Å². The van der Waals surface area contributed by atoms with Crippen LogP contribution in [0.3, 0.4) is 0 Å². The molecule has 84 valence electrons. The minimum absolute atomic E-state index is 0.293. The Morgan fingerprint density at radius 3 is 2.20 bits per heavy atom. The Morgan fingerprint density at radius 1 is 1.33 bits per heavy atom.